The van der Waals surface area contributed by atoms with Crippen LogP contribution in [-0.4, -0.2) is 9.13 Å². The molecule has 0 amide bonds. The summed E-state index contributed by atoms with van der Waals surface area (Å²) in [6.07, 6.45) is 0. The lowest BCUT2D eigenvalue weighted by molar-refractivity contribution is 0.669. The standard InChI is InChI=1S/C36H22N2O/c1-3-11-23(12-4-1)37-28-17-9-7-15-25(28)34-30(37)20-19-27-33-29(38(36(27)34)24-13-5-2-6-14-24)21-22-32-35(33)26-16-8-10-18-31(26)39-32/h1-22H. The van der Waals surface area contributed by atoms with E-state index in [2.05, 4.69) is 137 Å². The van der Waals surface area contributed by atoms with Gasteiger partial charge in [-0.15, -0.1) is 0 Å². The Labute approximate surface area is 223 Å². The van der Waals surface area contributed by atoms with E-state index in [1.54, 1.807) is 0 Å². The quantitative estimate of drug-likeness (QED) is 0.233. The fourth-order valence-electron chi connectivity index (χ4n) is 6.56. The van der Waals surface area contributed by atoms with Crippen LogP contribution in [0.25, 0.3) is 76.9 Å². The Morgan fingerprint density at radius 3 is 1.77 bits per heavy atom. The van der Waals surface area contributed by atoms with Gasteiger partial charge in [-0.2, -0.15) is 0 Å². The minimum absolute atomic E-state index is 0.919. The van der Waals surface area contributed by atoms with E-state index in [1.807, 2.05) is 6.07 Å². The molecule has 0 aliphatic heterocycles. The number of furan rings is 1. The summed E-state index contributed by atoms with van der Waals surface area (Å²) < 4.78 is 11.2. The van der Waals surface area contributed by atoms with E-state index in [0.29, 0.717) is 0 Å². The molecule has 6 aromatic carbocycles. The lowest BCUT2D eigenvalue weighted by Crippen LogP contribution is -1.95. The lowest BCUT2D eigenvalue weighted by Gasteiger charge is -2.10. The van der Waals surface area contributed by atoms with E-state index < -0.39 is 0 Å². The Morgan fingerprint density at radius 1 is 0.359 bits per heavy atom. The Morgan fingerprint density at radius 2 is 0.974 bits per heavy atom. The van der Waals surface area contributed by atoms with Crippen molar-refractivity contribution in [3.8, 4) is 11.4 Å². The van der Waals surface area contributed by atoms with Crippen LogP contribution in [0.4, 0.5) is 0 Å². The van der Waals surface area contributed by atoms with Crippen LogP contribution in [0.1, 0.15) is 0 Å². The fourth-order valence-corrected chi connectivity index (χ4v) is 6.56. The van der Waals surface area contributed by atoms with E-state index in [4.69, 9.17) is 4.42 Å². The number of fused-ring (bicyclic) bond motifs is 11. The summed E-state index contributed by atoms with van der Waals surface area (Å²) in [6, 6.07) is 47.4. The van der Waals surface area contributed by atoms with Gasteiger partial charge in [0.2, 0.25) is 0 Å². The molecule has 0 saturated carbocycles. The number of benzene rings is 6. The van der Waals surface area contributed by atoms with Crippen molar-refractivity contribution in [2.75, 3.05) is 0 Å². The summed E-state index contributed by atoms with van der Waals surface area (Å²) in [4.78, 5) is 0. The number of aromatic nitrogens is 2. The molecule has 39 heavy (non-hydrogen) atoms. The Kier molecular flexibility index (Phi) is 4.05. The molecule has 0 unspecified atom stereocenters. The van der Waals surface area contributed by atoms with Crippen LogP contribution in [0.3, 0.4) is 0 Å². The first-order valence-electron chi connectivity index (χ1n) is 13.3. The summed E-state index contributed by atoms with van der Waals surface area (Å²) >= 11 is 0. The molecule has 3 aromatic heterocycles. The molecule has 0 radical (unpaired) electrons. The van der Waals surface area contributed by atoms with Crippen molar-refractivity contribution < 1.29 is 4.42 Å². The molecule has 9 aromatic rings. The normalized spacial score (nSPS) is 12.1. The molecule has 0 spiro atoms. The molecule has 0 fully saturated rings. The fraction of sp³-hybridized carbons (Fsp3) is 0. The lowest BCUT2D eigenvalue weighted by atomic mass is 10.0. The van der Waals surface area contributed by atoms with Gasteiger partial charge in [-0.3, -0.25) is 0 Å². The van der Waals surface area contributed by atoms with Gasteiger partial charge >= 0.3 is 0 Å². The van der Waals surface area contributed by atoms with Crippen LogP contribution in [0, 0.1) is 0 Å². The monoisotopic (exact) mass is 498 g/mol. The summed E-state index contributed by atoms with van der Waals surface area (Å²) in [6.45, 7) is 0. The highest BCUT2D eigenvalue weighted by molar-refractivity contribution is 6.32. The van der Waals surface area contributed by atoms with Gasteiger partial charge < -0.3 is 13.6 Å². The van der Waals surface area contributed by atoms with Gasteiger partial charge in [-0.05, 0) is 54.6 Å². The molecular weight excluding hydrogens is 476 g/mol. The predicted octanol–water partition coefficient (Wildman–Crippen LogP) is 9.78. The molecule has 0 atom stereocenters. The molecule has 0 bridgehead atoms. The number of rotatable bonds is 2. The van der Waals surface area contributed by atoms with E-state index in [9.17, 15) is 0 Å². The van der Waals surface area contributed by atoms with Gasteiger partial charge in [-0.25, -0.2) is 0 Å². The van der Waals surface area contributed by atoms with Gasteiger partial charge in [0.05, 0.1) is 22.1 Å². The molecule has 0 N–H and O–H groups in total. The smallest absolute Gasteiger partial charge is 0.136 e. The van der Waals surface area contributed by atoms with Crippen molar-refractivity contribution >= 4 is 65.6 Å². The number of hydrogen-bond donors (Lipinski definition) is 0. The third-order valence-electron chi connectivity index (χ3n) is 8.10. The summed E-state index contributed by atoms with van der Waals surface area (Å²) in [5.41, 5.74) is 8.95. The van der Waals surface area contributed by atoms with Crippen LogP contribution in [-0.2, 0) is 0 Å². The molecule has 3 heterocycles. The second kappa shape index (κ2) is 7.62. The van der Waals surface area contributed by atoms with Gasteiger partial charge in [0.1, 0.15) is 11.2 Å². The molecule has 0 aliphatic rings. The third kappa shape index (κ3) is 2.71. The molecule has 3 nitrogen and oxygen atoms in total. The number of nitrogens with zero attached hydrogens (tertiary/aromatic N) is 2. The Hall–Kier alpha value is -5.28. The summed E-state index contributed by atoms with van der Waals surface area (Å²) in [7, 11) is 0. The predicted molar refractivity (Wildman–Crippen MR) is 162 cm³/mol. The Bertz CT molecular complexity index is 2370. The van der Waals surface area contributed by atoms with Crippen LogP contribution in [0.5, 0.6) is 0 Å². The van der Waals surface area contributed by atoms with Gasteiger partial charge in [0.15, 0.2) is 0 Å². The highest BCUT2D eigenvalue weighted by atomic mass is 16.3. The van der Waals surface area contributed by atoms with Crippen LogP contribution in [0.15, 0.2) is 138 Å². The van der Waals surface area contributed by atoms with Gasteiger partial charge in [0.25, 0.3) is 0 Å². The Balaban J connectivity index is 1.59. The van der Waals surface area contributed by atoms with E-state index in [-0.39, 0.29) is 0 Å². The first kappa shape index (κ1) is 20.7. The van der Waals surface area contributed by atoms with Crippen LogP contribution in [0.2, 0.25) is 0 Å². The molecular formula is C36H22N2O. The first-order chi connectivity index (χ1) is 19.4. The topological polar surface area (TPSA) is 23.0 Å². The van der Waals surface area contributed by atoms with Crippen molar-refractivity contribution in [3.63, 3.8) is 0 Å². The van der Waals surface area contributed by atoms with Crippen molar-refractivity contribution in [2.24, 2.45) is 0 Å². The average molecular weight is 499 g/mol. The zero-order valence-electron chi connectivity index (χ0n) is 21.0. The van der Waals surface area contributed by atoms with Crippen molar-refractivity contribution in [3.05, 3.63) is 133 Å². The van der Waals surface area contributed by atoms with E-state index in [1.165, 1.54) is 49.0 Å². The van der Waals surface area contributed by atoms with Crippen molar-refractivity contribution in [1.82, 2.24) is 9.13 Å². The maximum absolute atomic E-state index is 6.33. The molecule has 182 valence electrons. The second-order valence-electron chi connectivity index (χ2n) is 10.1. The molecule has 0 aliphatic carbocycles. The van der Waals surface area contributed by atoms with Crippen molar-refractivity contribution in [1.29, 1.82) is 0 Å². The van der Waals surface area contributed by atoms with Crippen LogP contribution >= 0.6 is 0 Å². The van der Waals surface area contributed by atoms with Crippen molar-refractivity contribution in [2.45, 2.75) is 0 Å². The van der Waals surface area contributed by atoms with Gasteiger partial charge in [-0.1, -0.05) is 78.9 Å². The van der Waals surface area contributed by atoms with Gasteiger partial charge in [0, 0.05) is 43.7 Å². The average Bonchev–Trinajstić information content (AvgIpc) is 3.65. The maximum Gasteiger partial charge on any atom is 0.136 e. The highest BCUT2D eigenvalue weighted by Crippen LogP contribution is 2.45. The van der Waals surface area contributed by atoms with Crippen LogP contribution < -0.4 is 0 Å². The highest BCUT2D eigenvalue weighted by Gasteiger charge is 2.23. The minimum Gasteiger partial charge on any atom is -0.456 e. The van der Waals surface area contributed by atoms with E-state index in [0.717, 1.165) is 27.9 Å². The minimum atomic E-state index is 0.919. The molecule has 9 rings (SSSR count). The first-order valence-corrected chi connectivity index (χ1v) is 13.3. The second-order valence-corrected chi connectivity index (χ2v) is 10.1. The zero-order chi connectivity index (χ0) is 25.5. The number of hydrogen-bond acceptors (Lipinski definition) is 1. The SMILES string of the molecule is c1ccc(-n2c3ccccc3c3c2ccc2c4c5c(ccc4n(-c4ccccc4)c23)oc2ccccc25)cc1. The summed E-state index contributed by atoms with van der Waals surface area (Å²) in [5.74, 6) is 0. The largest absolute Gasteiger partial charge is 0.456 e. The van der Waals surface area contributed by atoms with E-state index >= 15 is 0 Å². The number of para-hydroxylation sites is 4. The molecule has 3 heteroatoms. The summed E-state index contributed by atoms with van der Waals surface area (Å²) in [5, 5.41) is 7.29. The zero-order valence-corrected chi connectivity index (χ0v) is 21.0. The maximum atomic E-state index is 6.33. The molecule has 0 saturated heterocycles. The third-order valence-corrected chi connectivity index (χ3v) is 8.10.